The molecule has 1 N–H and O–H groups in total. The average molecular weight is 399 g/mol. The first-order chi connectivity index (χ1) is 14.6. The molecule has 4 heteroatoms. The van der Waals surface area contributed by atoms with Gasteiger partial charge in [0.2, 0.25) is 5.91 Å². The number of amides is 1. The molecule has 0 radical (unpaired) electrons. The van der Waals surface area contributed by atoms with Crippen LogP contribution in [-0.2, 0) is 24.1 Å². The van der Waals surface area contributed by atoms with Crippen LogP contribution in [0.4, 0.5) is 5.69 Å². The minimum absolute atomic E-state index is 0.0810. The molecule has 0 aliphatic carbocycles. The number of nitrogens with zero attached hydrogens (tertiary/aromatic N) is 1. The van der Waals surface area contributed by atoms with Crippen LogP contribution in [0.2, 0.25) is 0 Å². The van der Waals surface area contributed by atoms with E-state index in [4.69, 9.17) is 0 Å². The minimum Gasteiger partial charge on any atom is -0.325 e. The molecule has 0 spiro atoms. The molecule has 0 atom stereocenters. The number of rotatable bonds is 8. The predicted octanol–water partition coefficient (Wildman–Crippen LogP) is 5.28. The standard InChI is InChI=1S/C26H26N2O2/c1-3-21-8-6-9-22(4-2)26(21)28-25(30)18-20-7-5-10-23(17-20)24(29)12-11-19-13-15-27-16-14-19/h5-17H,3-4,18H2,1-2H3,(H,28,30). The molecule has 1 aromatic heterocycles. The lowest BCUT2D eigenvalue weighted by molar-refractivity contribution is -0.115. The molecule has 0 saturated heterocycles. The summed E-state index contributed by atoms with van der Waals surface area (Å²) >= 11 is 0. The zero-order valence-corrected chi connectivity index (χ0v) is 17.4. The summed E-state index contributed by atoms with van der Waals surface area (Å²) in [5, 5.41) is 3.08. The second-order valence-corrected chi connectivity index (χ2v) is 7.06. The van der Waals surface area contributed by atoms with Crippen LogP contribution in [0.5, 0.6) is 0 Å². The van der Waals surface area contributed by atoms with Crippen molar-refractivity contribution in [3.63, 3.8) is 0 Å². The molecule has 4 nitrogen and oxygen atoms in total. The maximum Gasteiger partial charge on any atom is 0.228 e. The number of aromatic nitrogens is 1. The number of aryl methyl sites for hydroxylation is 2. The molecule has 0 aliphatic rings. The van der Waals surface area contributed by atoms with Gasteiger partial charge in [0, 0.05) is 23.6 Å². The highest BCUT2D eigenvalue weighted by Gasteiger charge is 2.11. The number of para-hydroxylation sites is 1. The second kappa shape index (κ2) is 10.3. The fraction of sp³-hybridized carbons (Fsp3) is 0.192. The molecule has 0 bridgehead atoms. The monoisotopic (exact) mass is 398 g/mol. The van der Waals surface area contributed by atoms with E-state index in [9.17, 15) is 9.59 Å². The molecule has 1 heterocycles. The third kappa shape index (κ3) is 5.51. The van der Waals surface area contributed by atoms with Gasteiger partial charge in [-0.1, -0.05) is 56.3 Å². The van der Waals surface area contributed by atoms with Crippen molar-refractivity contribution in [2.45, 2.75) is 33.1 Å². The van der Waals surface area contributed by atoms with E-state index < -0.39 is 0 Å². The predicted molar refractivity (Wildman–Crippen MR) is 122 cm³/mol. The van der Waals surface area contributed by atoms with Crippen LogP contribution in [0.15, 0.2) is 73.1 Å². The number of allylic oxidation sites excluding steroid dienone is 1. The van der Waals surface area contributed by atoms with Crippen molar-refractivity contribution in [3.8, 4) is 0 Å². The van der Waals surface area contributed by atoms with E-state index in [-0.39, 0.29) is 18.1 Å². The van der Waals surface area contributed by atoms with Crippen molar-refractivity contribution in [2.24, 2.45) is 0 Å². The molecule has 3 rings (SSSR count). The van der Waals surface area contributed by atoms with E-state index in [0.717, 1.165) is 40.8 Å². The number of anilines is 1. The number of carbonyl (C=O) groups is 2. The Labute approximate surface area is 177 Å². The summed E-state index contributed by atoms with van der Waals surface area (Å²) in [6, 6.07) is 17.0. The maximum atomic E-state index is 12.7. The fourth-order valence-electron chi connectivity index (χ4n) is 3.35. The Morgan fingerprint density at radius 2 is 1.60 bits per heavy atom. The number of ketones is 1. The zero-order chi connectivity index (χ0) is 21.3. The Kier molecular flexibility index (Phi) is 7.28. The van der Waals surface area contributed by atoms with Gasteiger partial charge in [-0.15, -0.1) is 0 Å². The minimum atomic E-state index is -0.0985. The van der Waals surface area contributed by atoms with Crippen molar-refractivity contribution in [3.05, 3.63) is 101 Å². The van der Waals surface area contributed by atoms with Gasteiger partial charge in [-0.3, -0.25) is 14.6 Å². The lowest BCUT2D eigenvalue weighted by atomic mass is 10.0. The van der Waals surface area contributed by atoms with Crippen LogP contribution in [0.3, 0.4) is 0 Å². The van der Waals surface area contributed by atoms with E-state index in [1.165, 1.54) is 0 Å². The van der Waals surface area contributed by atoms with Gasteiger partial charge in [0.15, 0.2) is 5.78 Å². The highest BCUT2D eigenvalue weighted by atomic mass is 16.1. The smallest absolute Gasteiger partial charge is 0.228 e. The highest BCUT2D eigenvalue weighted by molar-refractivity contribution is 6.07. The van der Waals surface area contributed by atoms with E-state index in [2.05, 4.69) is 24.1 Å². The summed E-state index contributed by atoms with van der Waals surface area (Å²) in [6.07, 6.45) is 8.61. The molecule has 1 amide bonds. The van der Waals surface area contributed by atoms with Crippen LogP contribution in [-0.4, -0.2) is 16.7 Å². The first kappa shape index (κ1) is 21.2. The van der Waals surface area contributed by atoms with Gasteiger partial charge in [0.25, 0.3) is 0 Å². The molecule has 152 valence electrons. The topological polar surface area (TPSA) is 59.1 Å². The Morgan fingerprint density at radius 3 is 2.27 bits per heavy atom. The lowest BCUT2D eigenvalue weighted by Crippen LogP contribution is -2.17. The van der Waals surface area contributed by atoms with Gasteiger partial charge in [-0.25, -0.2) is 0 Å². The van der Waals surface area contributed by atoms with Crippen molar-refractivity contribution >= 4 is 23.5 Å². The Hall–Kier alpha value is -3.53. The van der Waals surface area contributed by atoms with Gasteiger partial charge < -0.3 is 5.32 Å². The van der Waals surface area contributed by atoms with Crippen molar-refractivity contribution in [1.82, 2.24) is 4.98 Å². The van der Waals surface area contributed by atoms with Gasteiger partial charge in [0.1, 0.15) is 0 Å². The average Bonchev–Trinajstić information content (AvgIpc) is 2.78. The van der Waals surface area contributed by atoms with Crippen LogP contribution >= 0.6 is 0 Å². The fourth-order valence-corrected chi connectivity index (χ4v) is 3.35. The first-order valence-electron chi connectivity index (χ1n) is 10.2. The van der Waals surface area contributed by atoms with Gasteiger partial charge in [-0.2, -0.15) is 0 Å². The number of hydrogen-bond acceptors (Lipinski definition) is 3. The summed E-state index contributed by atoms with van der Waals surface area (Å²) in [4.78, 5) is 29.2. The summed E-state index contributed by atoms with van der Waals surface area (Å²) in [5.41, 5.74) is 5.47. The molecular weight excluding hydrogens is 372 g/mol. The van der Waals surface area contributed by atoms with E-state index in [1.807, 2.05) is 42.5 Å². The Balaban J connectivity index is 1.70. The zero-order valence-electron chi connectivity index (χ0n) is 17.4. The van der Waals surface area contributed by atoms with Crippen LogP contribution in [0.1, 0.15) is 46.5 Å². The summed E-state index contributed by atoms with van der Waals surface area (Å²) < 4.78 is 0. The SMILES string of the molecule is CCc1cccc(CC)c1NC(=O)Cc1cccc(C(=O)C=Cc2ccncc2)c1. The molecule has 0 saturated carbocycles. The van der Waals surface area contributed by atoms with Crippen LogP contribution < -0.4 is 5.32 Å². The molecule has 0 aliphatic heterocycles. The Bertz CT molecular complexity index is 1030. The third-order valence-corrected chi connectivity index (χ3v) is 4.97. The summed E-state index contributed by atoms with van der Waals surface area (Å²) in [5.74, 6) is -0.179. The summed E-state index contributed by atoms with van der Waals surface area (Å²) in [6.45, 7) is 4.16. The number of benzene rings is 2. The number of nitrogens with one attached hydrogen (secondary N) is 1. The van der Waals surface area contributed by atoms with E-state index in [0.29, 0.717) is 5.56 Å². The molecule has 0 unspecified atom stereocenters. The van der Waals surface area contributed by atoms with E-state index in [1.54, 1.807) is 36.7 Å². The quantitative estimate of drug-likeness (QED) is 0.415. The van der Waals surface area contributed by atoms with Gasteiger partial charge in [0.05, 0.1) is 6.42 Å². The van der Waals surface area contributed by atoms with Crippen molar-refractivity contribution in [1.29, 1.82) is 0 Å². The van der Waals surface area contributed by atoms with Gasteiger partial charge in [-0.05, 0) is 59.4 Å². The highest BCUT2D eigenvalue weighted by Crippen LogP contribution is 2.23. The number of hydrogen-bond donors (Lipinski definition) is 1. The van der Waals surface area contributed by atoms with E-state index >= 15 is 0 Å². The van der Waals surface area contributed by atoms with Crippen molar-refractivity contribution < 1.29 is 9.59 Å². The third-order valence-electron chi connectivity index (χ3n) is 4.97. The molecular formula is C26H26N2O2. The maximum absolute atomic E-state index is 12.7. The first-order valence-corrected chi connectivity index (χ1v) is 10.2. The lowest BCUT2D eigenvalue weighted by Gasteiger charge is -2.14. The van der Waals surface area contributed by atoms with Crippen LogP contribution in [0.25, 0.3) is 6.08 Å². The molecule has 0 fully saturated rings. The molecule has 2 aromatic carbocycles. The van der Waals surface area contributed by atoms with Crippen LogP contribution in [0, 0.1) is 0 Å². The molecule has 3 aromatic rings. The largest absolute Gasteiger partial charge is 0.325 e. The van der Waals surface area contributed by atoms with Gasteiger partial charge >= 0.3 is 0 Å². The number of pyridine rings is 1. The summed E-state index contributed by atoms with van der Waals surface area (Å²) in [7, 11) is 0. The Morgan fingerprint density at radius 1 is 0.933 bits per heavy atom. The van der Waals surface area contributed by atoms with Crippen molar-refractivity contribution in [2.75, 3.05) is 5.32 Å². The normalized spacial score (nSPS) is 10.9. The molecule has 30 heavy (non-hydrogen) atoms. The second-order valence-electron chi connectivity index (χ2n) is 7.06. The number of carbonyl (C=O) groups excluding carboxylic acids is 2.